The second-order valence-corrected chi connectivity index (χ2v) is 7.85. The highest BCUT2D eigenvalue weighted by Crippen LogP contribution is 2.39. The minimum Gasteiger partial charge on any atom is -0.467 e. The molecular weight excluding hydrogens is 297 g/mol. The lowest BCUT2D eigenvalue weighted by atomic mass is 9.86. The molecule has 0 aromatic carbocycles. The number of nitrogens with zero attached hydrogens (tertiary/aromatic N) is 1. The molecule has 0 aromatic heterocycles. The largest absolute Gasteiger partial charge is 0.534 e. The number of hydrogen-bond donors (Lipinski definition) is 0. The molecule has 0 atom stereocenters. The second-order valence-electron chi connectivity index (χ2n) is 7.85. The van der Waals surface area contributed by atoms with Crippen LogP contribution in [0.25, 0.3) is 0 Å². The van der Waals surface area contributed by atoms with E-state index in [9.17, 15) is 4.79 Å². The monoisotopic (exact) mass is 323 g/mol. The third-order valence-corrected chi connectivity index (χ3v) is 3.96. The summed E-state index contributed by atoms with van der Waals surface area (Å²) in [6, 6.07) is 0. The van der Waals surface area contributed by atoms with E-state index in [2.05, 4.69) is 0 Å². The minimum absolute atomic E-state index is 0.425. The summed E-state index contributed by atoms with van der Waals surface area (Å²) in [7, 11) is -0.673. The van der Waals surface area contributed by atoms with E-state index >= 15 is 0 Å². The van der Waals surface area contributed by atoms with Crippen LogP contribution in [0.2, 0.25) is 0 Å². The zero-order chi connectivity index (χ0) is 17.6. The van der Waals surface area contributed by atoms with Crippen LogP contribution >= 0.6 is 0 Å². The standard InChI is InChI=1S/C16H26BNO5/c1-11-9-18(13(19)21-14(2,3)4)10-12(20-11)17-22-15(5,6)16(7,8)23-17/h9-10H,1-8H3. The maximum Gasteiger partial charge on any atom is 0.534 e. The predicted octanol–water partition coefficient (Wildman–Crippen LogP) is 3.59. The number of ether oxygens (including phenoxy) is 2. The van der Waals surface area contributed by atoms with Gasteiger partial charge in [0.2, 0.25) is 0 Å². The van der Waals surface area contributed by atoms with Crippen molar-refractivity contribution >= 4 is 13.2 Å². The smallest absolute Gasteiger partial charge is 0.467 e. The number of allylic oxidation sites excluding steroid dienone is 1. The molecule has 0 N–H and O–H groups in total. The van der Waals surface area contributed by atoms with E-state index in [0.717, 1.165) is 0 Å². The molecule has 0 aromatic rings. The molecule has 2 rings (SSSR count). The van der Waals surface area contributed by atoms with Crippen molar-refractivity contribution in [3.05, 3.63) is 23.8 Å². The van der Waals surface area contributed by atoms with Gasteiger partial charge in [-0.15, -0.1) is 0 Å². The van der Waals surface area contributed by atoms with Gasteiger partial charge in [0, 0.05) is 0 Å². The van der Waals surface area contributed by atoms with Crippen LogP contribution < -0.4 is 0 Å². The fourth-order valence-electron chi connectivity index (χ4n) is 2.10. The molecule has 2 heterocycles. The minimum atomic E-state index is -0.673. The summed E-state index contributed by atoms with van der Waals surface area (Å²) in [5.74, 6) is 0.558. The summed E-state index contributed by atoms with van der Waals surface area (Å²) in [4.78, 5) is 13.6. The third kappa shape index (κ3) is 3.90. The van der Waals surface area contributed by atoms with Gasteiger partial charge in [0.15, 0.2) is 5.66 Å². The van der Waals surface area contributed by atoms with Crippen LogP contribution in [0.3, 0.4) is 0 Å². The van der Waals surface area contributed by atoms with E-state index in [-0.39, 0.29) is 0 Å². The fraction of sp³-hybridized carbons (Fsp3) is 0.688. The number of amides is 1. The number of carbonyl (C=O) groups is 1. The van der Waals surface area contributed by atoms with Gasteiger partial charge in [0.05, 0.1) is 23.6 Å². The van der Waals surface area contributed by atoms with Crippen molar-refractivity contribution in [1.82, 2.24) is 4.90 Å². The van der Waals surface area contributed by atoms with Crippen LogP contribution in [0.15, 0.2) is 23.8 Å². The first kappa shape index (κ1) is 17.9. The van der Waals surface area contributed by atoms with Gasteiger partial charge in [0.1, 0.15) is 11.4 Å². The van der Waals surface area contributed by atoms with Crippen molar-refractivity contribution in [2.75, 3.05) is 0 Å². The van der Waals surface area contributed by atoms with Crippen molar-refractivity contribution in [3.8, 4) is 0 Å². The van der Waals surface area contributed by atoms with Crippen molar-refractivity contribution in [1.29, 1.82) is 0 Å². The summed E-state index contributed by atoms with van der Waals surface area (Å²) >= 11 is 0. The zero-order valence-corrected chi connectivity index (χ0v) is 15.2. The van der Waals surface area contributed by atoms with Crippen molar-refractivity contribution in [2.24, 2.45) is 0 Å². The SMILES string of the molecule is CC1=CN(C(=O)OC(C)(C)C)C=C(B2OC(C)(C)C(C)(C)O2)O1. The van der Waals surface area contributed by atoms with Crippen LogP contribution in [0.4, 0.5) is 4.79 Å². The Labute approximate surface area is 138 Å². The lowest BCUT2D eigenvalue weighted by molar-refractivity contribution is 0.00578. The van der Waals surface area contributed by atoms with Crippen LogP contribution in [0, 0.1) is 0 Å². The molecule has 2 aliphatic rings. The number of carbonyl (C=O) groups excluding carboxylic acids is 1. The highest BCUT2D eigenvalue weighted by molar-refractivity contribution is 6.53. The van der Waals surface area contributed by atoms with Gasteiger partial charge in [-0.25, -0.2) is 4.79 Å². The number of hydrogen-bond acceptors (Lipinski definition) is 5. The maximum atomic E-state index is 12.3. The Balaban J connectivity index is 2.19. The Kier molecular flexibility index (Phi) is 4.32. The number of rotatable bonds is 1. The molecule has 23 heavy (non-hydrogen) atoms. The van der Waals surface area contributed by atoms with E-state index in [1.165, 1.54) is 4.90 Å². The van der Waals surface area contributed by atoms with Gasteiger partial charge < -0.3 is 18.8 Å². The first-order chi connectivity index (χ1) is 10.3. The highest BCUT2D eigenvalue weighted by Gasteiger charge is 2.54. The second kappa shape index (κ2) is 5.56. The predicted molar refractivity (Wildman–Crippen MR) is 87.1 cm³/mol. The summed E-state index contributed by atoms with van der Waals surface area (Å²) in [6.07, 6.45) is 2.64. The Bertz CT molecular complexity index is 543. The summed E-state index contributed by atoms with van der Waals surface area (Å²) in [5.41, 5.74) is -1.11. The van der Waals surface area contributed by atoms with E-state index in [4.69, 9.17) is 18.8 Å². The van der Waals surface area contributed by atoms with Crippen LogP contribution in [-0.2, 0) is 18.8 Å². The molecule has 0 spiro atoms. The molecule has 6 nitrogen and oxygen atoms in total. The first-order valence-corrected chi connectivity index (χ1v) is 7.76. The molecule has 1 amide bonds. The molecule has 1 saturated heterocycles. The van der Waals surface area contributed by atoms with Crippen LogP contribution in [0.5, 0.6) is 0 Å². The van der Waals surface area contributed by atoms with E-state index < -0.39 is 30.0 Å². The molecule has 1 fully saturated rings. The van der Waals surface area contributed by atoms with Gasteiger partial charge in [0.25, 0.3) is 0 Å². The third-order valence-electron chi connectivity index (χ3n) is 3.96. The van der Waals surface area contributed by atoms with Gasteiger partial charge in [-0.05, 0) is 55.4 Å². The Hall–Kier alpha value is -1.47. The average molecular weight is 323 g/mol. The molecular formula is C16H26BNO5. The first-order valence-electron chi connectivity index (χ1n) is 7.76. The molecule has 0 aliphatic carbocycles. The average Bonchev–Trinajstić information content (AvgIpc) is 2.55. The summed E-state index contributed by atoms with van der Waals surface area (Å²) in [6.45, 7) is 15.1. The molecule has 7 heteroatoms. The summed E-state index contributed by atoms with van der Waals surface area (Å²) in [5, 5.41) is 0. The van der Waals surface area contributed by atoms with E-state index in [0.29, 0.717) is 11.4 Å². The van der Waals surface area contributed by atoms with Crippen LogP contribution in [0.1, 0.15) is 55.4 Å². The van der Waals surface area contributed by atoms with Crippen molar-refractivity contribution in [2.45, 2.75) is 72.2 Å². The molecule has 0 radical (unpaired) electrons. The molecule has 128 valence electrons. The van der Waals surface area contributed by atoms with E-state index in [1.54, 1.807) is 19.3 Å². The molecule has 0 saturated carbocycles. The Morgan fingerprint density at radius 1 is 1.13 bits per heavy atom. The van der Waals surface area contributed by atoms with Gasteiger partial charge in [-0.3, -0.25) is 4.90 Å². The topological polar surface area (TPSA) is 57.2 Å². The lowest BCUT2D eigenvalue weighted by Gasteiger charge is -2.32. The molecule has 2 aliphatic heterocycles. The summed E-state index contributed by atoms with van der Waals surface area (Å²) < 4.78 is 23.0. The van der Waals surface area contributed by atoms with Crippen molar-refractivity contribution in [3.63, 3.8) is 0 Å². The molecule has 0 unspecified atom stereocenters. The Morgan fingerprint density at radius 2 is 1.65 bits per heavy atom. The fourth-order valence-corrected chi connectivity index (χ4v) is 2.10. The molecule has 0 bridgehead atoms. The maximum absolute atomic E-state index is 12.3. The zero-order valence-electron chi connectivity index (χ0n) is 15.2. The van der Waals surface area contributed by atoms with Crippen molar-refractivity contribution < 1.29 is 23.6 Å². The van der Waals surface area contributed by atoms with Crippen LogP contribution in [-0.4, -0.2) is 34.9 Å². The normalized spacial score (nSPS) is 23.1. The van der Waals surface area contributed by atoms with Gasteiger partial charge in [-0.1, -0.05) is 0 Å². The highest BCUT2D eigenvalue weighted by atomic mass is 16.7. The van der Waals surface area contributed by atoms with Gasteiger partial charge in [-0.2, -0.15) is 0 Å². The Morgan fingerprint density at radius 3 is 2.13 bits per heavy atom. The van der Waals surface area contributed by atoms with E-state index in [1.807, 2.05) is 48.5 Å². The quantitative estimate of drug-likeness (QED) is 0.690. The van der Waals surface area contributed by atoms with Gasteiger partial charge >= 0.3 is 13.2 Å². The lowest BCUT2D eigenvalue weighted by Crippen LogP contribution is -2.41.